The molecular formula is C24H17Br3N2O3. The highest BCUT2D eigenvalue weighted by atomic mass is 79.9. The molecule has 5 nitrogen and oxygen atoms in total. The highest BCUT2D eigenvalue weighted by Crippen LogP contribution is 2.31. The van der Waals surface area contributed by atoms with Gasteiger partial charge in [0.25, 0.3) is 5.91 Å². The van der Waals surface area contributed by atoms with Gasteiger partial charge in [0.05, 0.1) is 7.11 Å². The van der Waals surface area contributed by atoms with Crippen molar-refractivity contribution in [3.8, 4) is 17.6 Å². The van der Waals surface area contributed by atoms with Crippen LogP contribution in [-0.4, -0.2) is 13.0 Å². The molecular weight excluding hydrogens is 604 g/mol. The molecule has 1 N–H and O–H groups in total. The van der Waals surface area contributed by atoms with Crippen molar-refractivity contribution < 1.29 is 14.3 Å². The Balaban J connectivity index is 1.76. The Bertz CT molecular complexity index is 1220. The number of nitriles is 1. The van der Waals surface area contributed by atoms with E-state index < -0.39 is 5.91 Å². The molecule has 0 aliphatic heterocycles. The van der Waals surface area contributed by atoms with Gasteiger partial charge in [0.1, 0.15) is 18.2 Å². The molecule has 0 bridgehead atoms. The van der Waals surface area contributed by atoms with E-state index in [1.54, 1.807) is 36.4 Å². The van der Waals surface area contributed by atoms with Crippen LogP contribution >= 0.6 is 47.8 Å². The molecule has 0 saturated heterocycles. The Hall–Kier alpha value is -2.60. The third-order valence-corrected chi connectivity index (χ3v) is 6.07. The normalized spacial score (nSPS) is 10.9. The third kappa shape index (κ3) is 6.45. The van der Waals surface area contributed by atoms with Gasteiger partial charge in [-0.15, -0.1) is 0 Å². The van der Waals surface area contributed by atoms with E-state index in [1.807, 2.05) is 30.3 Å². The van der Waals surface area contributed by atoms with E-state index >= 15 is 0 Å². The van der Waals surface area contributed by atoms with Crippen molar-refractivity contribution in [3.63, 3.8) is 0 Å². The number of hydrogen-bond acceptors (Lipinski definition) is 4. The van der Waals surface area contributed by atoms with E-state index in [4.69, 9.17) is 9.47 Å². The van der Waals surface area contributed by atoms with Gasteiger partial charge in [-0.1, -0.05) is 66.0 Å². The van der Waals surface area contributed by atoms with E-state index in [2.05, 4.69) is 53.1 Å². The van der Waals surface area contributed by atoms with Gasteiger partial charge in [-0.25, -0.2) is 0 Å². The highest BCUT2D eigenvalue weighted by molar-refractivity contribution is 9.11. The second kappa shape index (κ2) is 11.3. The number of nitrogens with zero attached hydrogens (tertiary/aromatic N) is 1. The first-order valence-electron chi connectivity index (χ1n) is 9.33. The van der Waals surface area contributed by atoms with Crippen molar-refractivity contribution in [2.45, 2.75) is 6.61 Å². The predicted molar refractivity (Wildman–Crippen MR) is 136 cm³/mol. The number of anilines is 1. The van der Waals surface area contributed by atoms with Crippen LogP contribution in [0.5, 0.6) is 11.5 Å². The van der Waals surface area contributed by atoms with Gasteiger partial charge in [0, 0.05) is 24.7 Å². The maximum atomic E-state index is 12.5. The number of methoxy groups -OCH3 is 1. The average molecular weight is 621 g/mol. The average Bonchev–Trinajstić information content (AvgIpc) is 2.77. The molecule has 0 saturated carbocycles. The zero-order valence-corrected chi connectivity index (χ0v) is 21.6. The molecule has 0 aromatic heterocycles. The van der Waals surface area contributed by atoms with Crippen LogP contribution < -0.4 is 14.8 Å². The van der Waals surface area contributed by atoms with Crippen LogP contribution in [0.4, 0.5) is 5.69 Å². The summed E-state index contributed by atoms with van der Waals surface area (Å²) in [5, 5.41) is 12.2. The summed E-state index contributed by atoms with van der Waals surface area (Å²) in [7, 11) is 1.54. The predicted octanol–water partition coefficient (Wildman–Crippen LogP) is 7.11. The summed E-state index contributed by atoms with van der Waals surface area (Å²) in [6, 6.07) is 20.2. The van der Waals surface area contributed by atoms with Crippen LogP contribution in [0.15, 0.2) is 79.7 Å². The lowest BCUT2D eigenvalue weighted by Gasteiger charge is -2.12. The zero-order valence-electron chi connectivity index (χ0n) is 16.9. The number of benzene rings is 3. The highest BCUT2D eigenvalue weighted by Gasteiger charge is 2.12. The van der Waals surface area contributed by atoms with Gasteiger partial charge >= 0.3 is 0 Å². The van der Waals surface area contributed by atoms with Crippen LogP contribution in [0, 0.1) is 11.3 Å². The fourth-order valence-corrected chi connectivity index (χ4v) is 4.33. The van der Waals surface area contributed by atoms with Gasteiger partial charge < -0.3 is 14.8 Å². The van der Waals surface area contributed by atoms with Crippen molar-refractivity contribution in [2.75, 3.05) is 12.4 Å². The maximum absolute atomic E-state index is 12.5. The first-order chi connectivity index (χ1) is 15.4. The maximum Gasteiger partial charge on any atom is 0.266 e. The van der Waals surface area contributed by atoms with E-state index in [9.17, 15) is 10.1 Å². The number of carbonyl (C=O) groups is 1. The molecule has 0 fully saturated rings. The number of amides is 1. The molecule has 3 aromatic rings. The molecule has 3 rings (SSSR count). The second-order valence-electron chi connectivity index (χ2n) is 6.57. The first-order valence-corrected chi connectivity index (χ1v) is 11.7. The zero-order chi connectivity index (χ0) is 23.1. The lowest BCUT2D eigenvalue weighted by Crippen LogP contribution is -2.13. The van der Waals surface area contributed by atoms with E-state index in [1.165, 1.54) is 13.2 Å². The number of nitrogens with one attached hydrogen (secondary N) is 1. The van der Waals surface area contributed by atoms with Crippen molar-refractivity contribution in [1.29, 1.82) is 5.26 Å². The molecule has 162 valence electrons. The fourth-order valence-electron chi connectivity index (χ4n) is 2.77. The molecule has 0 aliphatic carbocycles. The van der Waals surface area contributed by atoms with Crippen LogP contribution in [0.25, 0.3) is 6.08 Å². The molecule has 8 heteroatoms. The minimum atomic E-state index is -0.495. The van der Waals surface area contributed by atoms with Crippen molar-refractivity contribution >= 4 is 65.5 Å². The summed E-state index contributed by atoms with van der Waals surface area (Å²) in [5.41, 5.74) is 2.18. The topological polar surface area (TPSA) is 71.3 Å². The number of hydrogen-bond donors (Lipinski definition) is 1. The van der Waals surface area contributed by atoms with Crippen LogP contribution in [0.3, 0.4) is 0 Å². The minimum Gasteiger partial charge on any atom is -0.493 e. The van der Waals surface area contributed by atoms with Crippen LogP contribution in [-0.2, 0) is 11.4 Å². The number of carbonyl (C=O) groups excluding carboxylic acids is 1. The van der Waals surface area contributed by atoms with Crippen LogP contribution in [0.1, 0.15) is 11.1 Å². The standard InChI is InChI=1S/C24H17Br3N2O3/c1-31-23-10-15(5-8-22(23)32-14-16-6-7-19(26)12-21(16)27)9-17(13-28)24(30)29-20-4-2-3-18(25)11-20/h2-12H,14H2,1H3,(H,29,30)/b17-9-. The first kappa shape index (κ1) is 24.1. The lowest BCUT2D eigenvalue weighted by atomic mass is 10.1. The minimum absolute atomic E-state index is 0.0283. The quantitative estimate of drug-likeness (QED) is 0.226. The molecule has 0 unspecified atom stereocenters. The number of halogens is 3. The van der Waals surface area contributed by atoms with Crippen molar-refractivity contribution in [1.82, 2.24) is 0 Å². The second-order valence-corrected chi connectivity index (χ2v) is 9.25. The Morgan fingerprint density at radius 1 is 1.03 bits per heavy atom. The van der Waals surface area contributed by atoms with Gasteiger partial charge in [-0.05, 0) is 54.1 Å². The molecule has 3 aromatic carbocycles. The molecule has 32 heavy (non-hydrogen) atoms. The number of rotatable bonds is 7. The summed E-state index contributed by atoms with van der Waals surface area (Å²) in [6.45, 7) is 0.345. The van der Waals surface area contributed by atoms with Gasteiger partial charge in [0.15, 0.2) is 11.5 Å². The molecule has 0 heterocycles. The monoisotopic (exact) mass is 618 g/mol. The smallest absolute Gasteiger partial charge is 0.266 e. The molecule has 1 amide bonds. The molecule has 0 atom stereocenters. The van der Waals surface area contributed by atoms with Gasteiger partial charge in [-0.2, -0.15) is 5.26 Å². The van der Waals surface area contributed by atoms with Crippen molar-refractivity contribution in [2.24, 2.45) is 0 Å². The third-order valence-electron chi connectivity index (χ3n) is 4.34. The fraction of sp³-hybridized carbons (Fsp3) is 0.0833. The molecule has 0 radical (unpaired) electrons. The van der Waals surface area contributed by atoms with Crippen LogP contribution in [0.2, 0.25) is 0 Å². The van der Waals surface area contributed by atoms with E-state index in [0.717, 1.165) is 19.0 Å². The van der Waals surface area contributed by atoms with Crippen molar-refractivity contribution in [3.05, 3.63) is 90.8 Å². The summed E-state index contributed by atoms with van der Waals surface area (Å²) in [4.78, 5) is 12.5. The SMILES string of the molecule is COc1cc(/C=C(/C#N)C(=O)Nc2cccc(Br)c2)ccc1OCc1ccc(Br)cc1Br. The summed E-state index contributed by atoms with van der Waals surface area (Å²) >= 11 is 10.3. The van der Waals surface area contributed by atoms with Gasteiger partial charge in [-0.3, -0.25) is 4.79 Å². The Morgan fingerprint density at radius 2 is 1.81 bits per heavy atom. The Labute approximate surface area is 211 Å². The number of ether oxygens (including phenoxy) is 2. The summed E-state index contributed by atoms with van der Waals surface area (Å²) < 4.78 is 14.1. The van der Waals surface area contributed by atoms with E-state index in [0.29, 0.717) is 29.4 Å². The van der Waals surface area contributed by atoms with E-state index in [-0.39, 0.29) is 5.57 Å². The summed E-state index contributed by atoms with van der Waals surface area (Å²) in [5.74, 6) is 0.554. The lowest BCUT2D eigenvalue weighted by molar-refractivity contribution is -0.112. The van der Waals surface area contributed by atoms with Gasteiger partial charge in [0.2, 0.25) is 0 Å². The molecule has 0 spiro atoms. The largest absolute Gasteiger partial charge is 0.493 e. The Morgan fingerprint density at radius 3 is 2.50 bits per heavy atom. The Kier molecular flexibility index (Phi) is 8.51. The summed E-state index contributed by atoms with van der Waals surface area (Å²) in [6.07, 6.45) is 1.50. The molecule has 0 aliphatic rings.